The van der Waals surface area contributed by atoms with Gasteiger partial charge in [-0.15, -0.1) is 0 Å². The predicted molar refractivity (Wildman–Crippen MR) is 74.6 cm³/mol. The van der Waals surface area contributed by atoms with Crippen molar-refractivity contribution >= 4 is 16.7 Å². The number of hydrogen-bond donors (Lipinski definition) is 2. The highest BCUT2D eigenvalue weighted by Crippen LogP contribution is 2.25. The van der Waals surface area contributed by atoms with Crippen molar-refractivity contribution in [1.29, 1.82) is 0 Å². The van der Waals surface area contributed by atoms with E-state index >= 15 is 0 Å². The van der Waals surface area contributed by atoms with Gasteiger partial charge >= 0.3 is 0 Å². The second-order valence-electron chi connectivity index (χ2n) is 4.32. The lowest BCUT2D eigenvalue weighted by molar-refractivity contribution is 0.248. The first-order chi connectivity index (χ1) is 9.15. The fourth-order valence-electron chi connectivity index (χ4n) is 1.88. The number of oxime groups is 1. The third-order valence-electron chi connectivity index (χ3n) is 2.91. The number of amidine groups is 1. The maximum Gasteiger partial charge on any atom is 0.180 e. The van der Waals surface area contributed by atoms with Gasteiger partial charge in [-0.05, 0) is 25.5 Å². The monoisotopic (exact) mass is 259 g/mol. The zero-order chi connectivity index (χ0) is 13.8. The second-order valence-corrected chi connectivity index (χ2v) is 4.32. The van der Waals surface area contributed by atoms with Crippen LogP contribution in [-0.2, 0) is 0 Å². The van der Waals surface area contributed by atoms with Gasteiger partial charge in [-0.1, -0.05) is 30.3 Å². The molecule has 3 N–H and O–H groups in total. The van der Waals surface area contributed by atoms with E-state index in [0.717, 1.165) is 16.6 Å². The first kappa shape index (κ1) is 13.1. The summed E-state index contributed by atoms with van der Waals surface area (Å²) in [7, 11) is 0. The number of nitrogens with zero attached hydrogens (tertiary/aromatic N) is 2. The molecule has 0 saturated heterocycles. The van der Waals surface area contributed by atoms with Gasteiger partial charge in [0.2, 0.25) is 0 Å². The summed E-state index contributed by atoms with van der Waals surface area (Å²) in [5, 5.41) is 12.7. The second kappa shape index (κ2) is 5.56. The molecule has 0 radical (unpaired) electrons. The van der Waals surface area contributed by atoms with E-state index < -0.39 is 6.10 Å². The van der Waals surface area contributed by atoms with Crippen LogP contribution in [0.4, 0.5) is 0 Å². The highest BCUT2D eigenvalue weighted by Gasteiger charge is 2.15. The fraction of sp³-hybridized carbons (Fsp3) is 0.286. The Morgan fingerprint density at radius 1 is 1.42 bits per heavy atom. The summed E-state index contributed by atoms with van der Waals surface area (Å²) < 4.78 is 5.81. The molecule has 2 aromatic rings. The van der Waals surface area contributed by atoms with E-state index in [2.05, 4.69) is 10.1 Å². The van der Waals surface area contributed by atoms with Crippen LogP contribution in [0.3, 0.4) is 0 Å². The number of pyridine rings is 1. The Kier molecular flexibility index (Phi) is 3.85. The Labute approximate surface area is 111 Å². The smallest absolute Gasteiger partial charge is 0.180 e. The zero-order valence-corrected chi connectivity index (χ0v) is 11.0. The van der Waals surface area contributed by atoms with Crippen molar-refractivity contribution in [2.24, 2.45) is 10.9 Å². The van der Waals surface area contributed by atoms with Gasteiger partial charge in [0.15, 0.2) is 11.9 Å². The summed E-state index contributed by atoms with van der Waals surface area (Å²) in [4.78, 5) is 4.48. The summed E-state index contributed by atoms with van der Waals surface area (Å²) in [6.45, 7) is 3.84. The molecule has 19 heavy (non-hydrogen) atoms. The maximum absolute atomic E-state index is 8.74. The molecule has 1 aromatic carbocycles. The number of hydrogen-bond acceptors (Lipinski definition) is 4. The van der Waals surface area contributed by atoms with E-state index in [-0.39, 0.29) is 5.84 Å². The van der Waals surface area contributed by atoms with Gasteiger partial charge in [-0.2, -0.15) is 0 Å². The molecule has 0 amide bonds. The molecule has 1 heterocycles. The van der Waals surface area contributed by atoms with Crippen molar-refractivity contribution in [3.63, 3.8) is 0 Å². The molecule has 0 spiro atoms. The van der Waals surface area contributed by atoms with Crippen LogP contribution < -0.4 is 10.5 Å². The average molecular weight is 259 g/mol. The van der Waals surface area contributed by atoms with Crippen LogP contribution in [0.2, 0.25) is 0 Å². The number of ether oxygens (including phenoxy) is 1. The minimum absolute atomic E-state index is 0.0622. The average Bonchev–Trinajstić information content (AvgIpc) is 2.44. The standard InChI is InChI=1S/C14H17N3O2/c1-3-11(14(15)17-18)19-12-6-4-5-10-8-7-9(2)16-13(10)12/h4-8,11,18H,3H2,1-2H3,(H2,15,17). The molecule has 0 bridgehead atoms. The third-order valence-corrected chi connectivity index (χ3v) is 2.91. The number of nitrogens with two attached hydrogens (primary N) is 1. The molecule has 2 rings (SSSR count). The van der Waals surface area contributed by atoms with Crippen molar-refractivity contribution in [2.45, 2.75) is 26.4 Å². The fourth-order valence-corrected chi connectivity index (χ4v) is 1.88. The van der Waals surface area contributed by atoms with Crippen LogP contribution in [0.25, 0.3) is 10.9 Å². The number of aromatic nitrogens is 1. The van der Waals surface area contributed by atoms with Crippen LogP contribution in [0.5, 0.6) is 5.75 Å². The largest absolute Gasteiger partial charge is 0.480 e. The van der Waals surface area contributed by atoms with Crippen molar-refractivity contribution in [2.75, 3.05) is 0 Å². The molecule has 0 aliphatic heterocycles. The summed E-state index contributed by atoms with van der Waals surface area (Å²) in [5.41, 5.74) is 7.31. The van der Waals surface area contributed by atoms with E-state index in [1.165, 1.54) is 0 Å². The molecule has 0 aliphatic rings. The summed E-state index contributed by atoms with van der Waals surface area (Å²) in [5.74, 6) is 0.701. The summed E-state index contributed by atoms with van der Waals surface area (Å²) >= 11 is 0. The van der Waals surface area contributed by atoms with Crippen molar-refractivity contribution in [1.82, 2.24) is 4.98 Å². The molecular formula is C14H17N3O2. The van der Waals surface area contributed by atoms with Gasteiger partial charge < -0.3 is 15.7 Å². The molecule has 0 saturated carbocycles. The van der Waals surface area contributed by atoms with Gasteiger partial charge in [0.05, 0.1) is 0 Å². The van der Waals surface area contributed by atoms with E-state index in [9.17, 15) is 0 Å². The Hall–Kier alpha value is -2.30. The molecule has 1 aromatic heterocycles. The predicted octanol–water partition coefficient (Wildman–Crippen LogP) is 2.45. The van der Waals surface area contributed by atoms with E-state index in [4.69, 9.17) is 15.7 Å². The Morgan fingerprint density at radius 2 is 2.21 bits per heavy atom. The molecule has 5 nitrogen and oxygen atoms in total. The lowest BCUT2D eigenvalue weighted by Gasteiger charge is -2.17. The van der Waals surface area contributed by atoms with Crippen LogP contribution in [-0.4, -0.2) is 22.1 Å². The van der Waals surface area contributed by atoms with Gasteiger partial charge in [0.25, 0.3) is 0 Å². The Morgan fingerprint density at radius 3 is 2.89 bits per heavy atom. The van der Waals surface area contributed by atoms with Crippen molar-refractivity contribution in [3.8, 4) is 5.75 Å². The van der Waals surface area contributed by atoms with Crippen LogP contribution in [0.15, 0.2) is 35.5 Å². The topological polar surface area (TPSA) is 80.7 Å². The molecule has 1 atom stereocenters. The Bertz CT molecular complexity index is 611. The summed E-state index contributed by atoms with van der Waals surface area (Å²) in [6.07, 6.45) is 0.149. The lowest BCUT2D eigenvalue weighted by Crippen LogP contribution is -2.33. The summed E-state index contributed by atoms with van der Waals surface area (Å²) in [6, 6.07) is 9.65. The molecule has 5 heteroatoms. The minimum atomic E-state index is -0.460. The lowest BCUT2D eigenvalue weighted by atomic mass is 10.2. The molecule has 1 unspecified atom stereocenters. The quantitative estimate of drug-likeness (QED) is 0.382. The SMILES string of the molecule is CCC(Oc1cccc2ccc(C)nc12)C(N)=NO. The molecule has 0 aliphatic carbocycles. The maximum atomic E-state index is 8.74. The third kappa shape index (κ3) is 2.76. The molecule has 100 valence electrons. The van der Waals surface area contributed by atoms with E-state index in [1.54, 1.807) is 0 Å². The van der Waals surface area contributed by atoms with Crippen molar-refractivity contribution < 1.29 is 9.94 Å². The van der Waals surface area contributed by atoms with E-state index in [1.807, 2.05) is 44.2 Å². The first-order valence-corrected chi connectivity index (χ1v) is 6.16. The van der Waals surface area contributed by atoms with Crippen LogP contribution in [0, 0.1) is 6.92 Å². The van der Waals surface area contributed by atoms with E-state index in [0.29, 0.717) is 12.2 Å². The zero-order valence-electron chi connectivity index (χ0n) is 11.0. The molecular weight excluding hydrogens is 242 g/mol. The van der Waals surface area contributed by atoms with Gasteiger partial charge in [0, 0.05) is 11.1 Å². The van der Waals surface area contributed by atoms with Gasteiger partial charge in [0.1, 0.15) is 11.3 Å². The number of fused-ring (bicyclic) bond motifs is 1. The van der Waals surface area contributed by atoms with Gasteiger partial charge in [-0.3, -0.25) is 0 Å². The number of rotatable bonds is 4. The van der Waals surface area contributed by atoms with Crippen LogP contribution in [0.1, 0.15) is 19.0 Å². The number of aryl methyl sites for hydroxylation is 1. The highest BCUT2D eigenvalue weighted by molar-refractivity contribution is 5.87. The normalized spacial score (nSPS) is 13.5. The highest BCUT2D eigenvalue weighted by atomic mass is 16.5. The number of para-hydroxylation sites is 1. The van der Waals surface area contributed by atoms with Crippen molar-refractivity contribution in [3.05, 3.63) is 36.0 Å². The van der Waals surface area contributed by atoms with Crippen LogP contribution >= 0.6 is 0 Å². The van der Waals surface area contributed by atoms with Gasteiger partial charge in [-0.25, -0.2) is 4.98 Å². The first-order valence-electron chi connectivity index (χ1n) is 6.16. The molecule has 0 fully saturated rings. The minimum Gasteiger partial charge on any atom is -0.480 e. The Balaban J connectivity index is 2.42. The number of benzene rings is 1.